The topological polar surface area (TPSA) is 130 Å². The fourth-order valence-corrected chi connectivity index (χ4v) is 5.27. The van der Waals surface area contributed by atoms with Crippen LogP contribution in [0, 0.1) is 11.8 Å². The summed E-state index contributed by atoms with van der Waals surface area (Å²) >= 11 is 0. The predicted molar refractivity (Wildman–Crippen MR) is 179 cm³/mol. The first kappa shape index (κ1) is 37.9. The van der Waals surface area contributed by atoms with E-state index in [4.69, 9.17) is 38.6 Å². The molecule has 0 radical (unpaired) electrons. The highest BCUT2D eigenvalue weighted by molar-refractivity contribution is 5.87. The van der Waals surface area contributed by atoms with Crippen LogP contribution in [0.3, 0.4) is 0 Å². The second kappa shape index (κ2) is 21.3. The zero-order chi connectivity index (χ0) is 33.9. The van der Waals surface area contributed by atoms with Crippen LogP contribution < -0.4 is 14.2 Å². The van der Waals surface area contributed by atoms with Crippen molar-refractivity contribution in [3.63, 3.8) is 0 Å². The third-order valence-electron chi connectivity index (χ3n) is 8.12. The zero-order valence-corrected chi connectivity index (χ0v) is 28.0. The first-order valence-electron chi connectivity index (χ1n) is 16.8. The van der Waals surface area contributed by atoms with E-state index in [2.05, 4.69) is 13.5 Å². The lowest BCUT2D eigenvalue weighted by molar-refractivity contribution is -0.149. The van der Waals surface area contributed by atoms with Gasteiger partial charge >= 0.3 is 11.9 Å². The number of rotatable bonds is 22. The van der Waals surface area contributed by atoms with Gasteiger partial charge in [-0.15, -0.1) is 0 Å². The maximum Gasteiger partial charge on any atom is 0.335 e. The van der Waals surface area contributed by atoms with Gasteiger partial charge in [0, 0.05) is 6.07 Å². The highest BCUT2D eigenvalue weighted by Crippen LogP contribution is 2.32. The maximum atomic E-state index is 11.8. The molecule has 10 nitrogen and oxygen atoms in total. The van der Waals surface area contributed by atoms with Gasteiger partial charge in [-0.05, 0) is 73.9 Å². The quantitative estimate of drug-likeness (QED) is 0.0897. The Kier molecular flexibility index (Phi) is 17.2. The minimum atomic E-state index is -0.687. The molecule has 0 amide bonds. The summed E-state index contributed by atoms with van der Waals surface area (Å²) in [6, 6.07) is 13.1. The third kappa shape index (κ3) is 14.0. The monoisotopic (exact) mass is 656 g/mol. The lowest BCUT2D eigenvalue weighted by Crippen LogP contribution is -2.23. The van der Waals surface area contributed by atoms with Crippen LogP contribution in [0.4, 0.5) is 0 Å². The van der Waals surface area contributed by atoms with E-state index >= 15 is 0 Å². The number of hydrogen-bond donors (Lipinski definition) is 2. The number of carbonyl (C=O) groups excluding carboxylic acids is 2. The third-order valence-corrected chi connectivity index (χ3v) is 8.12. The molecule has 0 spiro atoms. The minimum absolute atomic E-state index is 0.0182. The number of esters is 2. The molecule has 2 aromatic carbocycles. The summed E-state index contributed by atoms with van der Waals surface area (Å²) in [6.07, 6.45) is 10.5. The summed E-state index contributed by atoms with van der Waals surface area (Å²) in [4.78, 5) is 23.6. The summed E-state index contributed by atoms with van der Waals surface area (Å²) in [5.74, 6) is 0.779. The van der Waals surface area contributed by atoms with Crippen LogP contribution in [0.25, 0.3) is 11.1 Å². The highest BCUT2D eigenvalue weighted by Gasteiger charge is 2.21. The average Bonchev–Trinajstić information content (AvgIpc) is 3.10. The molecule has 0 aliphatic heterocycles. The molecular weight excluding hydrogens is 604 g/mol. The molecule has 2 aromatic rings. The molecule has 10 heteroatoms. The Morgan fingerprint density at radius 3 is 2.02 bits per heavy atom. The minimum Gasteiger partial charge on any atom is -0.491 e. The van der Waals surface area contributed by atoms with E-state index in [1.54, 1.807) is 13.0 Å². The lowest BCUT2D eigenvalue weighted by Gasteiger charge is -2.28. The molecule has 3 rings (SSSR count). The Balaban J connectivity index is 1.52. The first-order chi connectivity index (χ1) is 22.8. The number of aliphatic hydroxyl groups excluding tert-OH is 2. The van der Waals surface area contributed by atoms with Crippen LogP contribution in [0.1, 0.15) is 65.2 Å². The van der Waals surface area contributed by atoms with Gasteiger partial charge in [0.15, 0.2) is 0 Å². The van der Waals surface area contributed by atoms with Crippen molar-refractivity contribution in [3.05, 3.63) is 54.6 Å². The summed E-state index contributed by atoms with van der Waals surface area (Å²) in [7, 11) is 0. The molecule has 1 saturated carbocycles. The van der Waals surface area contributed by atoms with E-state index in [1.165, 1.54) is 38.5 Å². The molecule has 1 aliphatic rings. The molecule has 260 valence electrons. The van der Waals surface area contributed by atoms with Gasteiger partial charge in [-0.1, -0.05) is 51.3 Å². The largest absolute Gasteiger partial charge is 0.491 e. The predicted octanol–water partition coefficient (Wildman–Crippen LogP) is 5.91. The molecular formula is C37H52O10. The number of hydrogen-bond acceptors (Lipinski definition) is 10. The molecule has 0 aromatic heterocycles. The Morgan fingerprint density at radius 2 is 1.40 bits per heavy atom. The van der Waals surface area contributed by atoms with Crippen molar-refractivity contribution in [2.45, 2.75) is 71.3 Å². The summed E-state index contributed by atoms with van der Waals surface area (Å²) in [5, 5.41) is 18.1. The average molecular weight is 657 g/mol. The smallest absolute Gasteiger partial charge is 0.335 e. The number of carbonyl (C=O) groups is 2. The van der Waals surface area contributed by atoms with Crippen molar-refractivity contribution in [3.8, 4) is 28.4 Å². The van der Waals surface area contributed by atoms with Crippen LogP contribution in [-0.2, 0) is 23.8 Å². The Hall–Kier alpha value is -3.60. The van der Waals surface area contributed by atoms with Gasteiger partial charge in [0.2, 0.25) is 0 Å². The van der Waals surface area contributed by atoms with E-state index < -0.39 is 24.5 Å². The molecule has 0 saturated heterocycles. The van der Waals surface area contributed by atoms with Crippen LogP contribution in [0.5, 0.6) is 17.2 Å². The molecule has 0 heterocycles. The fraction of sp³-hybridized carbons (Fsp3) is 0.568. The van der Waals surface area contributed by atoms with Crippen molar-refractivity contribution in [2.24, 2.45) is 11.8 Å². The first-order valence-corrected chi connectivity index (χ1v) is 16.8. The van der Waals surface area contributed by atoms with Crippen molar-refractivity contribution in [2.75, 3.05) is 52.9 Å². The number of benzene rings is 2. The van der Waals surface area contributed by atoms with Gasteiger partial charge in [-0.25, -0.2) is 4.79 Å². The van der Waals surface area contributed by atoms with E-state index in [1.807, 2.05) is 36.4 Å². The van der Waals surface area contributed by atoms with E-state index in [0.717, 1.165) is 35.6 Å². The molecule has 1 unspecified atom stereocenters. The summed E-state index contributed by atoms with van der Waals surface area (Å²) in [6.45, 7) is 7.71. The molecule has 1 fully saturated rings. The number of ether oxygens (including phenoxy) is 6. The molecule has 1 atom stereocenters. The maximum absolute atomic E-state index is 11.8. The molecule has 2 N–H and O–H groups in total. The van der Waals surface area contributed by atoms with Crippen LogP contribution in [0.15, 0.2) is 54.6 Å². The Bertz CT molecular complexity index is 1220. The van der Waals surface area contributed by atoms with E-state index in [9.17, 15) is 9.59 Å². The Morgan fingerprint density at radius 1 is 0.787 bits per heavy atom. The lowest BCUT2D eigenvalue weighted by atomic mass is 9.84. The standard InChI is InChI=1S/C37H52O10/c1-4-5-6-7-29-8-12-32(13-9-29)42-16-17-43-33-14-10-30(11-15-33)31-22-34(44-18-20-46-36(40)27(2)25-38)24-35(23-31)45-19-21-47-37(41)28(3)26-39/h10-11,14-15,22-24,28-29,32,38-39H,2,4-9,12-13,16-21,25-26H2,1,3H3. The van der Waals surface area contributed by atoms with Gasteiger partial charge in [0.1, 0.15) is 50.3 Å². The SMILES string of the molecule is C=C(CO)C(=O)OCCOc1cc(OCCOC(=O)C(C)CO)cc(-c2ccc(OCCOC3CCC(CCCCC)CC3)cc2)c1. The zero-order valence-electron chi connectivity index (χ0n) is 28.0. The summed E-state index contributed by atoms with van der Waals surface area (Å²) < 4.78 is 33.9. The summed E-state index contributed by atoms with van der Waals surface area (Å²) in [5.41, 5.74) is 1.68. The molecule has 47 heavy (non-hydrogen) atoms. The molecule has 1 aliphatic carbocycles. The van der Waals surface area contributed by atoms with Crippen molar-refractivity contribution in [1.29, 1.82) is 0 Å². The fourth-order valence-electron chi connectivity index (χ4n) is 5.27. The molecule has 0 bridgehead atoms. The van der Waals surface area contributed by atoms with Gasteiger partial charge in [0.05, 0.1) is 37.4 Å². The van der Waals surface area contributed by atoms with Crippen LogP contribution >= 0.6 is 0 Å². The van der Waals surface area contributed by atoms with Gasteiger partial charge in [-0.2, -0.15) is 0 Å². The van der Waals surface area contributed by atoms with Crippen LogP contribution in [0.2, 0.25) is 0 Å². The van der Waals surface area contributed by atoms with Gasteiger partial charge in [0.25, 0.3) is 0 Å². The van der Waals surface area contributed by atoms with Gasteiger partial charge < -0.3 is 38.6 Å². The Labute approximate surface area is 279 Å². The normalized spacial score (nSPS) is 16.6. The van der Waals surface area contributed by atoms with Gasteiger partial charge in [-0.3, -0.25) is 4.79 Å². The second-order valence-corrected chi connectivity index (χ2v) is 11.9. The number of unbranched alkanes of at least 4 members (excludes halogenated alkanes) is 2. The second-order valence-electron chi connectivity index (χ2n) is 11.9. The van der Waals surface area contributed by atoms with Crippen molar-refractivity contribution in [1.82, 2.24) is 0 Å². The van der Waals surface area contributed by atoms with Crippen molar-refractivity contribution < 1.29 is 48.2 Å². The number of aliphatic hydroxyl groups is 2. The highest BCUT2D eigenvalue weighted by atomic mass is 16.6. The van der Waals surface area contributed by atoms with Crippen molar-refractivity contribution >= 4 is 11.9 Å². The van der Waals surface area contributed by atoms with Crippen LogP contribution in [-0.4, -0.2) is 81.1 Å². The van der Waals surface area contributed by atoms with E-state index in [-0.39, 0.29) is 38.6 Å². The van der Waals surface area contributed by atoms with E-state index in [0.29, 0.717) is 30.8 Å².